The lowest BCUT2D eigenvalue weighted by molar-refractivity contribution is 0.0969. The van der Waals surface area contributed by atoms with Crippen molar-refractivity contribution in [1.82, 2.24) is 18.7 Å². The number of nitrogens with zero attached hydrogens (tertiary/aromatic N) is 4. The van der Waals surface area contributed by atoms with Crippen LogP contribution < -0.4 is 22.3 Å². The van der Waals surface area contributed by atoms with Crippen molar-refractivity contribution in [3.63, 3.8) is 0 Å². The van der Waals surface area contributed by atoms with E-state index in [0.29, 0.717) is 18.1 Å². The van der Waals surface area contributed by atoms with Crippen molar-refractivity contribution in [3.05, 3.63) is 92.6 Å². The molecule has 0 aliphatic heterocycles. The maximum Gasteiger partial charge on any atom is 0.332 e. The van der Waals surface area contributed by atoms with Crippen LogP contribution in [-0.2, 0) is 20.1 Å². The standard InChI is InChI=1S/C27H30N6O3/c1-31-24-23(25(35)33(27(31)36)17-22(34)19-12-6-3-7-13-19)32(16-18-10-4-2-5-11-18)26(30-24)29-21-15-9-8-14-20(21)28/h2-7,10-13,20-21H,8-9,14-17,28H2,1H3,(H,29,30)/t20-,21?/m1/s1. The maximum absolute atomic E-state index is 13.7. The fraction of sp³-hybridized carbons (Fsp3) is 0.333. The van der Waals surface area contributed by atoms with Gasteiger partial charge in [0, 0.05) is 24.7 Å². The highest BCUT2D eigenvalue weighted by Crippen LogP contribution is 2.24. The molecule has 2 atom stereocenters. The van der Waals surface area contributed by atoms with Gasteiger partial charge in [-0.15, -0.1) is 0 Å². The van der Waals surface area contributed by atoms with E-state index in [-0.39, 0.29) is 35.6 Å². The van der Waals surface area contributed by atoms with E-state index in [4.69, 9.17) is 10.7 Å². The summed E-state index contributed by atoms with van der Waals surface area (Å²) in [6.45, 7) is 0.0277. The Labute approximate surface area is 208 Å². The minimum Gasteiger partial charge on any atom is -0.351 e. The third kappa shape index (κ3) is 4.49. The molecule has 1 saturated carbocycles. The van der Waals surface area contributed by atoms with Crippen LogP contribution in [0.1, 0.15) is 41.6 Å². The van der Waals surface area contributed by atoms with Gasteiger partial charge >= 0.3 is 5.69 Å². The topological polar surface area (TPSA) is 117 Å². The highest BCUT2D eigenvalue weighted by molar-refractivity contribution is 5.95. The van der Waals surface area contributed by atoms with Gasteiger partial charge in [0.25, 0.3) is 5.56 Å². The second-order valence-electron chi connectivity index (χ2n) is 9.40. The highest BCUT2D eigenvalue weighted by atomic mass is 16.2. The number of rotatable bonds is 7. The Hall–Kier alpha value is -3.98. The van der Waals surface area contributed by atoms with Crippen LogP contribution in [-0.4, -0.2) is 36.6 Å². The summed E-state index contributed by atoms with van der Waals surface area (Å²) < 4.78 is 4.14. The molecule has 4 aromatic rings. The quantitative estimate of drug-likeness (QED) is 0.388. The molecule has 1 aliphatic carbocycles. The molecule has 5 rings (SSSR count). The maximum atomic E-state index is 13.7. The first-order chi connectivity index (χ1) is 17.4. The Bertz CT molecular complexity index is 1500. The molecule has 2 heterocycles. The van der Waals surface area contributed by atoms with Gasteiger partial charge in [0.05, 0.1) is 13.1 Å². The fourth-order valence-corrected chi connectivity index (χ4v) is 4.90. The molecule has 2 aromatic carbocycles. The summed E-state index contributed by atoms with van der Waals surface area (Å²) in [7, 11) is 1.57. The van der Waals surface area contributed by atoms with Gasteiger partial charge in [0.1, 0.15) is 0 Å². The summed E-state index contributed by atoms with van der Waals surface area (Å²) in [5.74, 6) is 0.185. The van der Waals surface area contributed by atoms with Gasteiger partial charge in [0.2, 0.25) is 5.95 Å². The van der Waals surface area contributed by atoms with Crippen LogP contribution in [0.4, 0.5) is 5.95 Å². The Morgan fingerprint density at radius 1 is 1.00 bits per heavy atom. The molecule has 9 nitrogen and oxygen atoms in total. The SMILES string of the molecule is Cn1c(=O)n(CC(=O)c2ccccc2)c(=O)c2c1nc(NC1CCCC[C@H]1N)n2Cc1ccccc1. The molecule has 0 radical (unpaired) electrons. The summed E-state index contributed by atoms with van der Waals surface area (Å²) in [6.07, 6.45) is 3.99. The zero-order valence-corrected chi connectivity index (χ0v) is 20.3. The summed E-state index contributed by atoms with van der Waals surface area (Å²) >= 11 is 0. The molecular formula is C27H30N6O3. The molecule has 186 valence electrons. The zero-order valence-electron chi connectivity index (χ0n) is 20.3. The van der Waals surface area contributed by atoms with Crippen molar-refractivity contribution in [2.24, 2.45) is 12.8 Å². The van der Waals surface area contributed by atoms with Crippen molar-refractivity contribution >= 4 is 22.9 Å². The van der Waals surface area contributed by atoms with Crippen LogP contribution in [0.3, 0.4) is 0 Å². The smallest absolute Gasteiger partial charge is 0.332 e. The molecule has 0 bridgehead atoms. The van der Waals surface area contributed by atoms with E-state index >= 15 is 0 Å². The molecule has 1 unspecified atom stereocenters. The number of aryl methyl sites for hydroxylation is 1. The second-order valence-corrected chi connectivity index (χ2v) is 9.40. The number of carbonyl (C=O) groups excluding carboxylic acids is 1. The van der Waals surface area contributed by atoms with E-state index in [0.717, 1.165) is 35.8 Å². The van der Waals surface area contributed by atoms with Gasteiger partial charge in [-0.1, -0.05) is 73.5 Å². The minimum atomic E-state index is -0.581. The van der Waals surface area contributed by atoms with E-state index in [9.17, 15) is 14.4 Å². The lowest BCUT2D eigenvalue weighted by atomic mass is 9.91. The van der Waals surface area contributed by atoms with Crippen LogP contribution in [0, 0.1) is 0 Å². The zero-order chi connectivity index (χ0) is 25.2. The summed E-state index contributed by atoms with van der Waals surface area (Å²) in [5, 5.41) is 3.47. The van der Waals surface area contributed by atoms with Gasteiger partial charge in [-0.2, -0.15) is 4.98 Å². The van der Waals surface area contributed by atoms with E-state index in [2.05, 4.69) is 5.32 Å². The monoisotopic (exact) mass is 486 g/mol. The highest BCUT2D eigenvalue weighted by Gasteiger charge is 2.26. The molecule has 9 heteroatoms. The number of benzene rings is 2. The third-order valence-electron chi connectivity index (χ3n) is 6.95. The molecule has 0 amide bonds. The van der Waals surface area contributed by atoms with Crippen molar-refractivity contribution in [1.29, 1.82) is 0 Å². The average molecular weight is 487 g/mol. The Balaban J connectivity index is 1.64. The van der Waals surface area contributed by atoms with Crippen LogP contribution in [0.25, 0.3) is 11.2 Å². The van der Waals surface area contributed by atoms with Crippen molar-refractivity contribution < 1.29 is 4.79 Å². The molecule has 0 spiro atoms. The second kappa shape index (κ2) is 9.94. The number of carbonyl (C=O) groups is 1. The number of ketones is 1. The van der Waals surface area contributed by atoms with Gasteiger partial charge in [-0.05, 0) is 18.4 Å². The summed E-state index contributed by atoms with van der Waals surface area (Å²) in [4.78, 5) is 44.5. The largest absolute Gasteiger partial charge is 0.351 e. The Morgan fingerprint density at radius 3 is 2.36 bits per heavy atom. The first kappa shape index (κ1) is 23.7. The van der Waals surface area contributed by atoms with Crippen molar-refractivity contribution in [2.45, 2.75) is 50.9 Å². The summed E-state index contributed by atoms with van der Waals surface area (Å²) in [6, 6.07) is 18.4. The normalized spacial score (nSPS) is 17.8. The number of nitrogens with one attached hydrogen (secondary N) is 1. The number of hydrogen-bond acceptors (Lipinski definition) is 6. The van der Waals surface area contributed by atoms with Crippen LogP contribution in [0.15, 0.2) is 70.3 Å². The van der Waals surface area contributed by atoms with Gasteiger partial charge < -0.3 is 11.1 Å². The molecule has 1 fully saturated rings. The lowest BCUT2D eigenvalue weighted by Crippen LogP contribution is -2.43. The Morgan fingerprint density at radius 2 is 1.67 bits per heavy atom. The van der Waals surface area contributed by atoms with E-state index in [1.54, 1.807) is 35.9 Å². The van der Waals surface area contributed by atoms with Gasteiger partial charge in [0.15, 0.2) is 16.9 Å². The molecule has 2 aromatic heterocycles. The Kier molecular flexibility index (Phi) is 6.56. The number of Topliss-reactive ketones (excluding diaryl/α,β-unsaturated/α-hetero) is 1. The number of nitrogens with two attached hydrogens (primary N) is 1. The van der Waals surface area contributed by atoms with E-state index in [1.165, 1.54) is 4.57 Å². The number of anilines is 1. The average Bonchev–Trinajstić information content (AvgIpc) is 3.25. The minimum absolute atomic E-state index is 0.0176. The van der Waals surface area contributed by atoms with Crippen molar-refractivity contribution in [3.8, 4) is 0 Å². The number of imidazole rings is 1. The van der Waals surface area contributed by atoms with E-state index in [1.807, 2.05) is 36.4 Å². The summed E-state index contributed by atoms with van der Waals surface area (Å²) in [5.41, 5.74) is 7.23. The molecule has 3 N–H and O–H groups in total. The van der Waals surface area contributed by atoms with E-state index < -0.39 is 11.2 Å². The predicted molar refractivity (Wildman–Crippen MR) is 139 cm³/mol. The third-order valence-corrected chi connectivity index (χ3v) is 6.95. The number of aromatic nitrogens is 4. The van der Waals surface area contributed by atoms with Crippen LogP contribution in [0.5, 0.6) is 0 Å². The van der Waals surface area contributed by atoms with Gasteiger partial charge in [-0.25, -0.2) is 4.79 Å². The first-order valence-electron chi connectivity index (χ1n) is 12.3. The number of fused-ring (bicyclic) bond motifs is 1. The predicted octanol–water partition coefficient (Wildman–Crippen LogP) is 2.51. The fourth-order valence-electron chi connectivity index (χ4n) is 4.90. The molecular weight excluding hydrogens is 456 g/mol. The molecule has 36 heavy (non-hydrogen) atoms. The number of hydrogen-bond donors (Lipinski definition) is 2. The van der Waals surface area contributed by atoms with Crippen LogP contribution >= 0.6 is 0 Å². The molecule has 0 saturated heterocycles. The van der Waals surface area contributed by atoms with Crippen LogP contribution in [0.2, 0.25) is 0 Å². The molecule has 1 aliphatic rings. The van der Waals surface area contributed by atoms with Crippen molar-refractivity contribution in [2.75, 3.05) is 5.32 Å². The first-order valence-corrected chi connectivity index (χ1v) is 12.3. The van der Waals surface area contributed by atoms with Gasteiger partial charge in [-0.3, -0.25) is 23.3 Å². The lowest BCUT2D eigenvalue weighted by Gasteiger charge is -2.29.